The van der Waals surface area contributed by atoms with E-state index < -0.39 is 24.6 Å². The number of alkyl halides is 2. The van der Waals surface area contributed by atoms with Crippen LogP contribution in [0.25, 0.3) is 0 Å². The molecule has 0 bridgehead atoms. The highest BCUT2D eigenvalue weighted by Crippen LogP contribution is 2.59. The van der Waals surface area contributed by atoms with E-state index in [0.717, 1.165) is 25.1 Å². The maximum Gasteiger partial charge on any atom is 0.242 e. The summed E-state index contributed by atoms with van der Waals surface area (Å²) in [6.07, 6.45) is 8.72. The molecular formula is C27H41F2NO2. The van der Waals surface area contributed by atoms with E-state index in [1.807, 2.05) is 0 Å². The minimum atomic E-state index is -2.19. The van der Waals surface area contributed by atoms with Crippen molar-refractivity contribution in [2.45, 2.75) is 83.8 Å². The van der Waals surface area contributed by atoms with E-state index >= 15 is 0 Å². The number of rotatable bonds is 5. The molecule has 3 saturated carbocycles. The number of fused-ring (bicyclic) bond motifs is 1. The predicted molar refractivity (Wildman–Crippen MR) is 124 cm³/mol. The van der Waals surface area contributed by atoms with E-state index in [2.05, 4.69) is 37.5 Å². The number of aliphatic hydroxyl groups is 2. The van der Waals surface area contributed by atoms with Gasteiger partial charge in [0, 0.05) is 19.0 Å². The fraction of sp³-hybridized carbons (Fsp3) is 0.778. The van der Waals surface area contributed by atoms with Crippen molar-refractivity contribution in [2.24, 2.45) is 29.1 Å². The summed E-state index contributed by atoms with van der Waals surface area (Å²) < 4.78 is 26.2. The topological polar surface area (TPSA) is 43.7 Å². The molecule has 3 aliphatic carbocycles. The first-order chi connectivity index (χ1) is 15.2. The lowest BCUT2D eigenvalue weighted by molar-refractivity contribution is 0.0672. The highest BCUT2D eigenvalue weighted by atomic mass is 19.3. The van der Waals surface area contributed by atoms with E-state index in [1.165, 1.54) is 31.3 Å². The fourth-order valence-electron chi connectivity index (χ4n) is 7.41. The van der Waals surface area contributed by atoms with Crippen molar-refractivity contribution in [3.8, 4) is 0 Å². The van der Waals surface area contributed by atoms with Crippen LogP contribution in [0.5, 0.6) is 0 Å². The average Bonchev–Trinajstić information content (AvgIpc) is 3.34. The summed E-state index contributed by atoms with van der Waals surface area (Å²) in [6.45, 7) is 10.9. The van der Waals surface area contributed by atoms with Gasteiger partial charge in [-0.2, -0.15) is 0 Å². The molecule has 32 heavy (non-hydrogen) atoms. The highest BCUT2D eigenvalue weighted by Gasteiger charge is 2.51. The van der Waals surface area contributed by atoms with Gasteiger partial charge in [0.15, 0.2) is 0 Å². The Morgan fingerprint density at radius 3 is 2.53 bits per heavy atom. The van der Waals surface area contributed by atoms with E-state index in [0.29, 0.717) is 49.1 Å². The first-order valence-corrected chi connectivity index (χ1v) is 12.6. The lowest BCUT2D eigenvalue weighted by Gasteiger charge is -2.45. The Bertz CT molecular complexity index is 747. The number of hydrogen-bond donors (Lipinski definition) is 2. The quantitative estimate of drug-likeness (QED) is 0.556. The number of halogens is 2. The normalized spacial score (nSPS) is 40.8. The van der Waals surface area contributed by atoms with E-state index in [-0.39, 0.29) is 5.41 Å². The molecule has 4 rings (SSSR count). The number of allylic oxidation sites excluding steroid dienone is 3. The van der Waals surface area contributed by atoms with Gasteiger partial charge < -0.3 is 15.1 Å². The summed E-state index contributed by atoms with van der Waals surface area (Å²) in [4.78, 5) is 2.27. The Hall–Kier alpha value is -1.04. The molecular weight excluding hydrogens is 408 g/mol. The van der Waals surface area contributed by atoms with Gasteiger partial charge in [0.25, 0.3) is 0 Å². The number of hydrogen-bond acceptors (Lipinski definition) is 3. The fourth-order valence-corrected chi connectivity index (χ4v) is 7.41. The van der Waals surface area contributed by atoms with Gasteiger partial charge >= 0.3 is 0 Å². The Morgan fingerprint density at radius 1 is 1.16 bits per heavy atom. The molecule has 4 aliphatic rings. The van der Waals surface area contributed by atoms with Gasteiger partial charge in [0.2, 0.25) is 6.43 Å². The van der Waals surface area contributed by atoms with Crippen LogP contribution in [0.3, 0.4) is 0 Å². The Morgan fingerprint density at radius 2 is 1.88 bits per heavy atom. The van der Waals surface area contributed by atoms with Crippen molar-refractivity contribution in [1.29, 1.82) is 0 Å². The number of aliphatic hydroxyl groups excluding tert-OH is 2. The molecule has 2 unspecified atom stereocenters. The third-order valence-electron chi connectivity index (χ3n) is 9.24. The van der Waals surface area contributed by atoms with Crippen LogP contribution < -0.4 is 0 Å². The van der Waals surface area contributed by atoms with Crippen molar-refractivity contribution in [1.82, 2.24) is 4.90 Å². The van der Waals surface area contributed by atoms with Crippen LogP contribution in [0, 0.1) is 29.1 Å². The van der Waals surface area contributed by atoms with Gasteiger partial charge in [-0.3, -0.25) is 0 Å². The van der Waals surface area contributed by atoms with E-state index in [9.17, 15) is 19.0 Å². The molecule has 0 aromatic rings. The van der Waals surface area contributed by atoms with Crippen molar-refractivity contribution < 1.29 is 19.0 Å². The van der Waals surface area contributed by atoms with Crippen LogP contribution in [0.1, 0.15) is 65.2 Å². The summed E-state index contributed by atoms with van der Waals surface area (Å²) in [5, 5.41) is 20.3. The molecule has 0 aromatic carbocycles. The van der Waals surface area contributed by atoms with Gasteiger partial charge in [0.05, 0.1) is 12.2 Å². The number of likely N-dealkylation sites (tertiary alicyclic amines) is 1. The predicted octanol–water partition coefficient (Wildman–Crippen LogP) is 5.35. The standard InChI is InChI=1S/C27H41F2NO2/c1-17(15-30-12-10-21(16-30)26(28)29)22-8-9-23-20(5-4-11-27(22,23)3)7-6-19-13-24(31)18(2)25(32)14-19/h6-7,17,21-26,31-32H,2,4-5,8-16H2,1,3H3/t17?,21?,22-,23+,24-,25-,27-/m1/s1. The molecule has 7 atom stereocenters. The second-order valence-corrected chi connectivity index (χ2v) is 11.3. The first-order valence-electron chi connectivity index (χ1n) is 12.6. The monoisotopic (exact) mass is 449 g/mol. The molecule has 0 aromatic heterocycles. The van der Waals surface area contributed by atoms with Crippen molar-refractivity contribution >= 4 is 0 Å². The molecule has 2 N–H and O–H groups in total. The largest absolute Gasteiger partial charge is 0.388 e. The Balaban J connectivity index is 1.42. The lowest BCUT2D eigenvalue weighted by Crippen LogP contribution is -2.39. The maximum atomic E-state index is 13.1. The lowest BCUT2D eigenvalue weighted by atomic mass is 9.61. The molecule has 0 amide bonds. The summed E-state index contributed by atoms with van der Waals surface area (Å²) in [5.41, 5.74) is 3.44. The van der Waals surface area contributed by atoms with Crippen LogP contribution in [-0.4, -0.2) is 53.4 Å². The molecule has 1 heterocycles. The van der Waals surface area contributed by atoms with Gasteiger partial charge in [-0.1, -0.05) is 43.7 Å². The van der Waals surface area contributed by atoms with Gasteiger partial charge in [-0.15, -0.1) is 0 Å². The minimum Gasteiger partial charge on any atom is -0.388 e. The van der Waals surface area contributed by atoms with E-state index in [4.69, 9.17) is 0 Å². The molecule has 1 aliphatic heterocycles. The van der Waals surface area contributed by atoms with Crippen LogP contribution in [0.4, 0.5) is 8.78 Å². The number of nitrogens with zero attached hydrogens (tertiary/aromatic N) is 1. The molecule has 3 nitrogen and oxygen atoms in total. The SMILES string of the molecule is C=C1[C@H](O)CC(=CC=C2CCC[C@]3(C)[C@@H](C(C)CN4CCC(C(F)F)C4)CC[C@@H]23)C[C@H]1O. The molecule has 1 saturated heterocycles. The van der Waals surface area contributed by atoms with E-state index in [1.54, 1.807) is 0 Å². The molecule has 180 valence electrons. The molecule has 4 fully saturated rings. The second kappa shape index (κ2) is 9.68. The molecule has 5 heteroatoms. The zero-order chi connectivity index (χ0) is 23.0. The summed E-state index contributed by atoms with van der Waals surface area (Å²) in [6, 6.07) is 0. The van der Waals surface area contributed by atoms with Gasteiger partial charge in [-0.25, -0.2) is 8.78 Å². The van der Waals surface area contributed by atoms with Crippen molar-refractivity contribution in [3.63, 3.8) is 0 Å². The third-order valence-corrected chi connectivity index (χ3v) is 9.24. The summed E-state index contributed by atoms with van der Waals surface area (Å²) >= 11 is 0. The highest BCUT2D eigenvalue weighted by molar-refractivity contribution is 5.29. The Kier molecular flexibility index (Phi) is 7.29. The average molecular weight is 450 g/mol. The molecule has 0 spiro atoms. The molecule has 0 radical (unpaired) electrons. The minimum absolute atomic E-state index is 0.281. The first kappa shape index (κ1) is 24.1. The second-order valence-electron chi connectivity index (χ2n) is 11.3. The van der Waals surface area contributed by atoms with Crippen LogP contribution in [0.2, 0.25) is 0 Å². The van der Waals surface area contributed by atoms with Crippen LogP contribution >= 0.6 is 0 Å². The zero-order valence-corrected chi connectivity index (χ0v) is 19.8. The van der Waals surface area contributed by atoms with Crippen LogP contribution in [-0.2, 0) is 0 Å². The summed E-state index contributed by atoms with van der Waals surface area (Å²) in [5.74, 6) is 1.30. The maximum absolute atomic E-state index is 13.1. The summed E-state index contributed by atoms with van der Waals surface area (Å²) in [7, 11) is 0. The Labute approximate surface area is 192 Å². The smallest absolute Gasteiger partial charge is 0.242 e. The zero-order valence-electron chi connectivity index (χ0n) is 19.8. The van der Waals surface area contributed by atoms with Gasteiger partial charge in [-0.05, 0) is 86.7 Å². The van der Waals surface area contributed by atoms with Crippen LogP contribution in [0.15, 0.2) is 35.5 Å². The van der Waals surface area contributed by atoms with Gasteiger partial charge in [0.1, 0.15) is 0 Å². The van der Waals surface area contributed by atoms with Crippen molar-refractivity contribution in [3.05, 3.63) is 35.5 Å². The third kappa shape index (κ3) is 4.76. The van der Waals surface area contributed by atoms with Crippen molar-refractivity contribution in [2.75, 3.05) is 19.6 Å².